The number of amides is 2. The molecule has 0 spiro atoms. The molecule has 0 radical (unpaired) electrons. The van der Waals surface area contributed by atoms with Crippen LogP contribution in [0.15, 0.2) is 53.4 Å². The molecule has 0 unspecified atom stereocenters. The summed E-state index contributed by atoms with van der Waals surface area (Å²) in [7, 11) is -3.79. The molecule has 2 aromatic rings. The average molecular weight is 472 g/mol. The maximum Gasteiger partial charge on any atom is 0.409 e. The average Bonchev–Trinajstić information content (AvgIpc) is 2.84. The van der Waals surface area contributed by atoms with Crippen molar-refractivity contribution in [1.29, 1.82) is 0 Å². The fourth-order valence-corrected chi connectivity index (χ4v) is 5.95. The van der Waals surface area contributed by atoms with Gasteiger partial charge in [-0.15, -0.1) is 0 Å². The van der Waals surface area contributed by atoms with Crippen molar-refractivity contribution in [3.05, 3.63) is 59.7 Å². The van der Waals surface area contributed by atoms with Gasteiger partial charge in [-0.3, -0.25) is 9.10 Å². The molecule has 1 fully saturated rings. The third kappa shape index (κ3) is 4.98. The highest BCUT2D eigenvalue weighted by molar-refractivity contribution is 7.92. The standard InChI is InChI=1S/C24H29N3O5S/c1-2-32-24(29)26-15-12-20(13-16-26)25-23(28)19-8-5-10-21(17-19)33(30,31)27-14-6-9-18-7-3-4-11-22(18)27/h3-5,7-8,10-11,17,20H,2,6,9,12-16H2,1H3,(H,25,28). The number of likely N-dealkylation sites (tertiary alicyclic amines) is 1. The van der Waals surface area contributed by atoms with Gasteiger partial charge in [0.2, 0.25) is 0 Å². The molecule has 2 heterocycles. The molecule has 0 atom stereocenters. The van der Waals surface area contributed by atoms with Gasteiger partial charge in [0.15, 0.2) is 0 Å². The third-order valence-corrected chi connectivity index (χ3v) is 7.92. The largest absolute Gasteiger partial charge is 0.450 e. The summed E-state index contributed by atoms with van der Waals surface area (Å²) in [6.45, 7) is 3.52. The van der Waals surface area contributed by atoms with E-state index in [1.54, 1.807) is 24.0 Å². The summed E-state index contributed by atoms with van der Waals surface area (Å²) >= 11 is 0. The number of para-hydroxylation sites is 1. The first kappa shape index (κ1) is 23.1. The van der Waals surface area contributed by atoms with Crippen LogP contribution in [0.1, 0.15) is 42.1 Å². The van der Waals surface area contributed by atoms with Crippen LogP contribution in [0.2, 0.25) is 0 Å². The van der Waals surface area contributed by atoms with Crippen molar-refractivity contribution in [3.63, 3.8) is 0 Å². The Kier molecular flexibility index (Phi) is 6.88. The van der Waals surface area contributed by atoms with Gasteiger partial charge in [-0.2, -0.15) is 0 Å². The van der Waals surface area contributed by atoms with E-state index in [2.05, 4.69) is 5.32 Å². The fraction of sp³-hybridized carbons (Fsp3) is 0.417. The quantitative estimate of drug-likeness (QED) is 0.723. The van der Waals surface area contributed by atoms with Gasteiger partial charge in [0.1, 0.15) is 0 Å². The number of hydrogen-bond acceptors (Lipinski definition) is 5. The number of nitrogens with one attached hydrogen (secondary N) is 1. The van der Waals surface area contributed by atoms with E-state index in [0.29, 0.717) is 50.3 Å². The number of nitrogens with zero attached hydrogens (tertiary/aromatic N) is 2. The number of rotatable bonds is 5. The van der Waals surface area contributed by atoms with Gasteiger partial charge in [-0.25, -0.2) is 13.2 Å². The topological polar surface area (TPSA) is 96.0 Å². The van der Waals surface area contributed by atoms with E-state index in [4.69, 9.17) is 4.74 Å². The molecule has 2 aromatic carbocycles. The van der Waals surface area contributed by atoms with Gasteiger partial charge in [0.25, 0.3) is 15.9 Å². The molecule has 176 valence electrons. The lowest BCUT2D eigenvalue weighted by atomic mass is 10.0. The number of aryl methyl sites for hydroxylation is 1. The second-order valence-electron chi connectivity index (χ2n) is 8.27. The number of fused-ring (bicyclic) bond motifs is 1. The second kappa shape index (κ2) is 9.82. The van der Waals surface area contributed by atoms with Crippen molar-refractivity contribution in [2.24, 2.45) is 0 Å². The third-order valence-electron chi connectivity index (χ3n) is 6.11. The van der Waals surface area contributed by atoms with E-state index >= 15 is 0 Å². The molecule has 4 rings (SSSR count). The molecular weight excluding hydrogens is 442 g/mol. The first-order chi connectivity index (χ1) is 15.9. The number of benzene rings is 2. The van der Waals surface area contributed by atoms with Gasteiger partial charge in [0, 0.05) is 31.2 Å². The zero-order chi connectivity index (χ0) is 23.4. The summed E-state index contributed by atoms with van der Waals surface area (Å²) < 4.78 is 33.3. The highest BCUT2D eigenvalue weighted by Crippen LogP contribution is 2.32. The van der Waals surface area contributed by atoms with Crippen LogP contribution in [0.5, 0.6) is 0 Å². The van der Waals surface area contributed by atoms with E-state index in [1.807, 2.05) is 24.3 Å². The van der Waals surface area contributed by atoms with Crippen LogP contribution in [0.4, 0.5) is 10.5 Å². The van der Waals surface area contributed by atoms with E-state index in [0.717, 1.165) is 18.4 Å². The number of ether oxygens (including phenoxy) is 1. The van der Waals surface area contributed by atoms with Crippen LogP contribution < -0.4 is 9.62 Å². The Morgan fingerprint density at radius 3 is 2.58 bits per heavy atom. The van der Waals surface area contributed by atoms with Crippen molar-refractivity contribution in [1.82, 2.24) is 10.2 Å². The van der Waals surface area contributed by atoms with Gasteiger partial charge in [-0.05, 0) is 62.4 Å². The van der Waals surface area contributed by atoms with Crippen LogP contribution in [0, 0.1) is 0 Å². The Morgan fingerprint density at radius 2 is 1.82 bits per heavy atom. The fourth-order valence-electron chi connectivity index (χ4n) is 4.36. The van der Waals surface area contributed by atoms with Crippen molar-refractivity contribution in [2.75, 3.05) is 30.5 Å². The van der Waals surface area contributed by atoms with Crippen LogP contribution in [0.25, 0.3) is 0 Å². The molecule has 2 aliphatic rings. The number of anilines is 1. The van der Waals surface area contributed by atoms with Crippen molar-refractivity contribution in [3.8, 4) is 0 Å². The SMILES string of the molecule is CCOC(=O)N1CCC(NC(=O)c2cccc(S(=O)(=O)N3CCCc4ccccc43)c2)CC1. The summed E-state index contributed by atoms with van der Waals surface area (Å²) in [5.74, 6) is -0.319. The smallest absolute Gasteiger partial charge is 0.409 e. The van der Waals surface area contributed by atoms with Crippen molar-refractivity contribution >= 4 is 27.7 Å². The van der Waals surface area contributed by atoms with E-state index in [1.165, 1.54) is 16.4 Å². The first-order valence-corrected chi connectivity index (χ1v) is 12.8. The molecule has 8 nitrogen and oxygen atoms in total. The molecule has 1 saturated heterocycles. The zero-order valence-electron chi connectivity index (χ0n) is 18.7. The zero-order valence-corrected chi connectivity index (χ0v) is 19.5. The minimum atomic E-state index is -3.79. The Morgan fingerprint density at radius 1 is 1.06 bits per heavy atom. The Hall–Kier alpha value is -3.07. The molecule has 9 heteroatoms. The normalized spacial score (nSPS) is 16.8. The first-order valence-electron chi connectivity index (χ1n) is 11.3. The minimum Gasteiger partial charge on any atom is -0.450 e. The molecule has 0 aliphatic carbocycles. The Balaban J connectivity index is 1.45. The van der Waals surface area contributed by atoms with E-state index in [9.17, 15) is 18.0 Å². The highest BCUT2D eigenvalue weighted by Gasteiger charge is 2.30. The summed E-state index contributed by atoms with van der Waals surface area (Å²) in [6.07, 6.45) is 2.50. The number of carbonyl (C=O) groups is 2. The van der Waals surface area contributed by atoms with Crippen LogP contribution in [0.3, 0.4) is 0 Å². The summed E-state index contributed by atoms with van der Waals surface area (Å²) in [4.78, 5) is 26.4. The maximum atomic E-state index is 13.4. The number of hydrogen-bond donors (Lipinski definition) is 1. The summed E-state index contributed by atoms with van der Waals surface area (Å²) in [6, 6.07) is 13.6. The minimum absolute atomic E-state index is 0.0857. The van der Waals surface area contributed by atoms with Crippen LogP contribution in [-0.4, -0.2) is 57.6 Å². The lowest BCUT2D eigenvalue weighted by molar-refractivity contribution is 0.0860. The molecule has 33 heavy (non-hydrogen) atoms. The van der Waals surface area contributed by atoms with Gasteiger partial charge in [-0.1, -0.05) is 24.3 Å². The van der Waals surface area contributed by atoms with Gasteiger partial charge < -0.3 is 15.0 Å². The molecule has 2 amide bonds. The van der Waals surface area contributed by atoms with Crippen molar-refractivity contribution < 1.29 is 22.7 Å². The van der Waals surface area contributed by atoms with Gasteiger partial charge in [0.05, 0.1) is 17.2 Å². The predicted molar refractivity (Wildman–Crippen MR) is 125 cm³/mol. The molecule has 1 N–H and O–H groups in total. The van der Waals surface area contributed by atoms with E-state index in [-0.39, 0.29) is 22.9 Å². The summed E-state index contributed by atoms with van der Waals surface area (Å²) in [5.41, 5.74) is 2.01. The Labute approximate surface area is 194 Å². The number of piperidine rings is 1. The van der Waals surface area contributed by atoms with E-state index < -0.39 is 10.0 Å². The van der Waals surface area contributed by atoms with Crippen LogP contribution in [-0.2, 0) is 21.2 Å². The monoisotopic (exact) mass is 471 g/mol. The second-order valence-corrected chi connectivity index (χ2v) is 10.1. The van der Waals surface area contributed by atoms with Crippen molar-refractivity contribution in [2.45, 2.75) is 43.5 Å². The van der Waals surface area contributed by atoms with Crippen LogP contribution >= 0.6 is 0 Å². The molecular formula is C24H29N3O5S. The summed E-state index contributed by atoms with van der Waals surface area (Å²) in [5, 5.41) is 2.97. The lowest BCUT2D eigenvalue weighted by Crippen LogP contribution is -2.46. The lowest BCUT2D eigenvalue weighted by Gasteiger charge is -2.31. The Bertz CT molecular complexity index is 1130. The molecule has 0 saturated carbocycles. The molecule has 2 aliphatic heterocycles. The maximum absolute atomic E-state index is 13.4. The van der Waals surface area contributed by atoms with Gasteiger partial charge >= 0.3 is 6.09 Å². The number of carbonyl (C=O) groups excluding carboxylic acids is 2. The molecule has 0 aromatic heterocycles. The highest BCUT2D eigenvalue weighted by atomic mass is 32.2. The molecule has 0 bridgehead atoms. The predicted octanol–water partition coefficient (Wildman–Crippen LogP) is 3.18. The number of sulfonamides is 1.